The fourth-order valence-electron chi connectivity index (χ4n) is 3.76. The van der Waals surface area contributed by atoms with Gasteiger partial charge in [-0.3, -0.25) is 0 Å². The standard InChI is InChI=1S/C22H25F2N3O/c1-22(2,3)20-18(23)11-17(12-19(20)24)28-16-9-15(10-16)26-13-14-5-4-7-27-8-6-25-21(14)27/h4-8,11-12,15-16,26H,9-10,13H2,1-3H3. The summed E-state index contributed by atoms with van der Waals surface area (Å²) in [6.07, 6.45) is 7.27. The number of ether oxygens (including phenoxy) is 1. The van der Waals surface area contributed by atoms with Gasteiger partial charge in [-0.15, -0.1) is 0 Å². The average Bonchev–Trinajstić information content (AvgIpc) is 3.04. The van der Waals surface area contributed by atoms with Crippen LogP contribution in [0.2, 0.25) is 0 Å². The molecular weight excluding hydrogens is 360 g/mol. The molecule has 1 fully saturated rings. The van der Waals surface area contributed by atoms with Gasteiger partial charge in [0.05, 0.1) is 0 Å². The number of pyridine rings is 1. The molecule has 28 heavy (non-hydrogen) atoms. The van der Waals surface area contributed by atoms with E-state index in [1.54, 1.807) is 27.0 Å². The van der Waals surface area contributed by atoms with E-state index in [1.165, 1.54) is 12.1 Å². The Bertz CT molecular complexity index is 964. The fraction of sp³-hybridized carbons (Fsp3) is 0.409. The molecule has 0 bridgehead atoms. The van der Waals surface area contributed by atoms with E-state index >= 15 is 0 Å². The zero-order chi connectivity index (χ0) is 19.9. The van der Waals surface area contributed by atoms with Crippen LogP contribution in [0, 0.1) is 11.6 Å². The number of imidazole rings is 1. The van der Waals surface area contributed by atoms with E-state index in [9.17, 15) is 8.78 Å². The van der Waals surface area contributed by atoms with E-state index in [-0.39, 0.29) is 17.4 Å². The molecule has 0 saturated heterocycles. The van der Waals surface area contributed by atoms with Gasteiger partial charge in [-0.05, 0) is 24.3 Å². The lowest BCUT2D eigenvalue weighted by molar-refractivity contribution is 0.0836. The smallest absolute Gasteiger partial charge is 0.141 e. The van der Waals surface area contributed by atoms with Crippen molar-refractivity contribution in [2.75, 3.05) is 0 Å². The molecule has 2 heterocycles. The molecule has 3 aromatic rings. The van der Waals surface area contributed by atoms with Crippen LogP contribution in [-0.2, 0) is 12.0 Å². The van der Waals surface area contributed by atoms with Crippen LogP contribution in [0.1, 0.15) is 44.7 Å². The number of fused-ring (bicyclic) bond motifs is 1. The molecule has 4 rings (SSSR count). The minimum absolute atomic E-state index is 0.0287. The van der Waals surface area contributed by atoms with Crippen molar-refractivity contribution in [1.82, 2.24) is 14.7 Å². The van der Waals surface area contributed by atoms with Crippen LogP contribution < -0.4 is 10.1 Å². The zero-order valence-corrected chi connectivity index (χ0v) is 16.4. The molecule has 1 saturated carbocycles. The Labute approximate surface area is 163 Å². The first-order valence-corrected chi connectivity index (χ1v) is 9.61. The summed E-state index contributed by atoms with van der Waals surface area (Å²) in [5.74, 6) is -0.845. The first-order valence-electron chi connectivity index (χ1n) is 9.61. The number of nitrogens with one attached hydrogen (secondary N) is 1. The largest absolute Gasteiger partial charge is 0.490 e. The van der Waals surface area contributed by atoms with Crippen molar-refractivity contribution in [3.8, 4) is 5.75 Å². The van der Waals surface area contributed by atoms with Crippen molar-refractivity contribution >= 4 is 5.65 Å². The molecule has 6 heteroatoms. The SMILES string of the molecule is CC(C)(C)c1c(F)cc(OC2CC(NCc3cccn4ccnc34)C2)cc1F. The summed E-state index contributed by atoms with van der Waals surface area (Å²) in [4.78, 5) is 4.38. The van der Waals surface area contributed by atoms with Crippen molar-refractivity contribution in [3.05, 3.63) is 65.6 Å². The second kappa shape index (κ2) is 7.17. The van der Waals surface area contributed by atoms with Gasteiger partial charge >= 0.3 is 0 Å². The highest BCUT2D eigenvalue weighted by molar-refractivity contribution is 5.47. The number of nitrogens with zero attached hydrogens (tertiary/aromatic N) is 2. The van der Waals surface area contributed by atoms with Gasteiger partial charge < -0.3 is 14.5 Å². The molecule has 0 spiro atoms. The maximum atomic E-state index is 14.3. The molecule has 1 N–H and O–H groups in total. The lowest BCUT2D eigenvalue weighted by Crippen LogP contribution is -2.46. The summed E-state index contributed by atoms with van der Waals surface area (Å²) < 4.78 is 36.4. The summed E-state index contributed by atoms with van der Waals surface area (Å²) in [5.41, 5.74) is 1.60. The number of halogens is 2. The average molecular weight is 385 g/mol. The van der Waals surface area contributed by atoms with Crippen LogP contribution in [0.4, 0.5) is 8.78 Å². The van der Waals surface area contributed by atoms with E-state index in [4.69, 9.17) is 4.74 Å². The Kier molecular flexibility index (Phi) is 4.83. The maximum absolute atomic E-state index is 14.3. The van der Waals surface area contributed by atoms with Gasteiger partial charge in [-0.25, -0.2) is 13.8 Å². The van der Waals surface area contributed by atoms with E-state index in [2.05, 4.69) is 16.4 Å². The molecule has 2 aromatic heterocycles. The van der Waals surface area contributed by atoms with E-state index < -0.39 is 17.0 Å². The summed E-state index contributed by atoms with van der Waals surface area (Å²) >= 11 is 0. The van der Waals surface area contributed by atoms with Crippen molar-refractivity contribution < 1.29 is 13.5 Å². The molecular formula is C22H25F2N3O. The molecule has 148 valence electrons. The highest BCUT2D eigenvalue weighted by atomic mass is 19.1. The Morgan fingerprint density at radius 1 is 1.18 bits per heavy atom. The van der Waals surface area contributed by atoms with E-state index in [1.807, 2.05) is 22.9 Å². The Morgan fingerprint density at radius 2 is 1.89 bits per heavy atom. The third kappa shape index (κ3) is 3.74. The van der Waals surface area contributed by atoms with Crippen LogP contribution in [-0.4, -0.2) is 21.5 Å². The van der Waals surface area contributed by atoms with Crippen molar-refractivity contribution in [3.63, 3.8) is 0 Å². The van der Waals surface area contributed by atoms with Gasteiger partial charge in [0.15, 0.2) is 0 Å². The number of benzene rings is 1. The number of aromatic nitrogens is 2. The van der Waals surface area contributed by atoms with Crippen LogP contribution in [0.5, 0.6) is 5.75 Å². The van der Waals surface area contributed by atoms with Crippen molar-refractivity contribution in [1.29, 1.82) is 0 Å². The molecule has 0 radical (unpaired) electrons. The molecule has 0 aliphatic heterocycles. The topological polar surface area (TPSA) is 38.6 Å². The van der Waals surface area contributed by atoms with Gasteiger partial charge in [0.1, 0.15) is 29.1 Å². The second-order valence-electron chi connectivity index (χ2n) is 8.49. The molecule has 4 nitrogen and oxygen atoms in total. The predicted molar refractivity (Wildman–Crippen MR) is 105 cm³/mol. The maximum Gasteiger partial charge on any atom is 0.141 e. The van der Waals surface area contributed by atoms with Gasteiger partial charge in [-0.1, -0.05) is 26.8 Å². The summed E-state index contributed by atoms with van der Waals surface area (Å²) in [7, 11) is 0. The first-order chi connectivity index (χ1) is 13.3. The zero-order valence-electron chi connectivity index (χ0n) is 16.4. The van der Waals surface area contributed by atoms with Gasteiger partial charge in [0, 0.05) is 54.4 Å². The number of hydrogen-bond donors (Lipinski definition) is 1. The van der Waals surface area contributed by atoms with Gasteiger partial charge in [0.25, 0.3) is 0 Å². The third-order valence-electron chi connectivity index (χ3n) is 5.24. The summed E-state index contributed by atoms with van der Waals surface area (Å²) in [6.45, 7) is 6.10. The second-order valence-corrected chi connectivity index (χ2v) is 8.49. The highest BCUT2D eigenvalue weighted by Gasteiger charge is 2.31. The lowest BCUT2D eigenvalue weighted by Gasteiger charge is -2.36. The van der Waals surface area contributed by atoms with Crippen molar-refractivity contribution in [2.45, 2.75) is 57.7 Å². The quantitative estimate of drug-likeness (QED) is 0.697. The third-order valence-corrected chi connectivity index (χ3v) is 5.24. The Hall–Kier alpha value is -2.47. The summed E-state index contributed by atoms with van der Waals surface area (Å²) in [5, 5.41) is 3.50. The molecule has 0 unspecified atom stereocenters. The van der Waals surface area contributed by atoms with Crippen LogP contribution >= 0.6 is 0 Å². The number of hydrogen-bond acceptors (Lipinski definition) is 3. The van der Waals surface area contributed by atoms with Crippen LogP contribution in [0.25, 0.3) is 5.65 Å². The number of rotatable bonds is 5. The minimum Gasteiger partial charge on any atom is -0.490 e. The van der Waals surface area contributed by atoms with Gasteiger partial charge in [0.2, 0.25) is 0 Å². The van der Waals surface area contributed by atoms with E-state index in [0.717, 1.165) is 30.6 Å². The molecule has 1 aliphatic rings. The molecule has 1 aromatic carbocycles. The molecule has 1 aliphatic carbocycles. The Balaban J connectivity index is 1.32. The monoisotopic (exact) mass is 385 g/mol. The van der Waals surface area contributed by atoms with Gasteiger partial charge in [-0.2, -0.15) is 0 Å². The Morgan fingerprint density at radius 3 is 2.57 bits per heavy atom. The minimum atomic E-state index is -0.587. The van der Waals surface area contributed by atoms with Crippen molar-refractivity contribution in [2.24, 2.45) is 0 Å². The van der Waals surface area contributed by atoms with Crippen LogP contribution in [0.15, 0.2) is 42.9 Å². The normalized spacial score (nSPS) is 19.6. The molecule has 0 amide bonds. The first kappa shape index (κ1) is 18.9. The molecule has 0 atom stereocenters. The lowest BCUT2D eigenvalue weighted by atomic mass is 9.86. The highest BCUT2D eigenvalue weighted by Crippen LogP contribution is 2.33. The van der Waals surface area contributed by atoms with Crippen LogP contribution in [0.3, 0.4) is 0 Å². The predicted octanol–water partition coefficient (Wildman–Crippen LogP) is 4.61. The van der Waals surface area contributed by atoms with E-state index in [0.29, 0.717) is 6.04 Å². The fourth-order valence-corrected chi connectivity index (χ4v) is 3.76. The summed E-state index contributed by atoms with van der Waals surface area (Å²) in [6, 6.07) is 6.98.